The molecule has 4 atom stereocenters. The zero-order valence-electron chi connectivity index (χ0n) is 22.1. The molecule has 0 bridgehead atoms. The normalized spacial score (nSPS) is 25.5. The number of carboxylic acids is 1. The third-order valence-electron chi connectivity index (χ3n) is 9.01. The van der Waals surface area contributed by atoms with E-state index in [1.165, 1.54) is 12.1 Å². The fraction of sp³-hybridized carbons (Fsp3) is 0.581. The van der Waals surface area contributed by atoms with Gasteiger partial charge in [0, 0.05) is 24.9 Å². The summed E-state index contributed by atoms with van der Waals surface area (Å²) in [7, 11) is 0. The molecule has 212 valence electrons. The first-order valence-corrected chi connectivity index (χ1v) is 14.2. The Bertz CT molecular complexity index is 1140. The molecule has 0 amide bonds. The van der Waals surface area contributed by atoms with Crippen molar-refractivity contribution in [2.75, 3.05) is 6.61 Å². The number of hydrogen-bond acceptors (Lipinski definition) is 3. The molecule has 5 rings (SSSR count). The number of fused-ring (bicyclic) bond motifs is 1. The van der Waals surface area contributed by atoms with Crippen molar-refractivity contribution in [3.05, 3.63) is 64.7 Å². The standard InChI is InChI=1S/C31H37F4NO3/c32-30(13-2-1-3-14-30)28(18-20-5-11-27-23(16-20)12-15-39-27)36-26-10-4-21(19-29(37)38)17-25(26)22-6-8-24(9-7-22)31(33,34)35/h5-9,11,16,21,25-26,28,36H,1-4,10,12-15,17-19H2,(H,37,38)/t21-,25+,26-,28?/m1/s1. The van der Waals surface area contributed by atoms with Gasteiger partial charge in [-0.2, -0.15) is 13.2 Å². The van der Waals surface area contributed by atoms with Gasteiger partial charge in [-0.15, -0.1) is 0 Å². The molecule has 0 spiro atoms. The maximum Gasteiger partial charge on any atom is 0.416 e. The van der Waals surface area contributed by atoms with Crippen LogP contribution in [0.1, 0.15) is 86.0 Å². The van der Waals surface area contributed by atoms with Gasteiger partial charge in [0.05, 0.1) is 12.2 Å². The predicted octanol–water partition coefficient (Wildman–Crippen LogP) is 7.24. The topological polar surface area (TPSA) is 58.6 Å². The highest BCUT2D eigenvalue weighted by Gasteiger charge is 2.43. The molecular formula is C31H37F4NO3. The van der Waals surface area contributed by atoms with Crippen molar-refractivity contribution < 1.29 is 32.2 Å². The number of carboxylic acid groups (broad SMARTS) is 1. The van der Waals surface area contributed by atoms with E-state index in [-0.39, 0.29) is 24.3 Å². The van der Waals surface area contributed by atoms with Crippen LogP contribution in [0.5, 0.6) is 5.75 Å². The smallest absolute Gasteiger partial charge is 0.416 e. The van der Waals surface area contributed by atoms with Gasteiger partial charge in [-0.25, -0.2) is 4.39 Å². The molecule has 8 heteroatoms. The number of ether oxygens (including phenoxy) is 1. The Hall–Kier alpha value is -2.61. The highest BCUT2D eigenvalue weighted by atomic mass is 19.4. The third kappa shape index (κ3) is 6.59. The first kappa shape index (κ1) is 27.9. The minimum atomic E-state index is -4.43. The van der Waals surface area contributed by atoms with Crippen LogP contribution < -0.4 is 10.1 Å². The van der Waals surface area contributed by atoms with Gasteiger partial charge >= 0.3 is 12.1 Å². The van der Waals surface area contributed by atoms with E-state index in [9.17, 15) is 23.1 Å². The molecule has 0 aromatic heterocycles. The molecule has 2 fully saturated rings. The summed E-state index contributed by atoms with van der Waals surface area (Å²) in [6.45, 7) is 0.655. The van der Waals surface area contributed by atoms with E-state index in [1.54, 1.807) is 0 Å². The maximum atomic E-state index is 16.6. The Kier molecular flexibility index (Phi) is 8.22. The number of hydrogen-bond donors (Lipinski definition) is 2. The number of benzene rings is 2. The number of rotatable bonds is 8. The second-order valence-electron chi connectivity index (χ2n) is 11.7. The molecule has 3 aliphatic rings. The zero-order valence-corrected chi connectivity index (χ0v) is 22.1. The quantitative estimate of drug-likeness (QED) is 0.342. The van der Waals surface area contributed by atoms with Gasteiger partial charge in [0.2, 0.25) is 0 Å². The Labute approximate surface area is 227 Å². The van der Waals surface area contributed by atoms with Crippen LogP contribution in [0.3, 0.4) is 0 Å². The van der Waals surface area contributed by atoms with Gasteiger partial charge in [-0.3, -0.25) is 4.79 Å². The largest absolute Gasteiger partial charge is 0.493 e. The Morgan fingerprint density at radius 3 is 2.51 bits per heavy atom. The molecule has 4 nitrogen and oxygen atoms in total. The molecule has 1 heterocycles. The summed E-state index contributed by atoms with van der Waals surface area (Å²) in [5.41, 5.74) is 0.832. The first-order chi connectivity index (χ1) is 18.6. The number of carbonyl (C=O) groups is 1. The van der Waals surface area contributed by atoms with Crippen LogP contribution in [0, 0.1) is 5.92 Å². The van der Waals surface area contributed by atoms with Crippen LogP contribution >= 0.6 is 0 Å². The van der Waals surface area contributed by atoms with Crippen LogP contribution in [0.15, 0.2) is 42.5 Å². The van der Waals surface area contributed by atoms with Crippen molar-refractivity contribution in [2.45, 2.75) is 100 Å². The van der Waals surface area contributed by atoms with Crippen molar-refractivity contribution in [3.8, 4) is 5.75 Å². The van der Waals surface area contributed by atoms with Crippen molar-refractivity contribution >= 4 is 5.97 Å². The van der Waals surface area contributed by atoms with Crippen molar-refractivity contribution in [2.24, 2.45) is 5.92 Å². The van der Waals surface area contributed by atoms with E-state index in [2.05, 4.69) is 11.4 Å². The van der Waals surface area contributed by atoms with Gasteiger partial charge in [-0.1, -0.05) is 43.5 Å². The third-order valence-corrected chi connectivity index (χ3v) is 9.01. The molecular weight excluding hydrogens is 510 g/mol. The minimum Gasteiger partial charge on any atom is -0.493 e. The fourth-order valence-corrected chi connectivity index (χ4v) is 6.92. The van der Waals surface area contributed by atoms with Gasteiger partial charge < -0.3 is 15.2 Å². The average molecular weight is 548 g/mol. The molecule has 2 aliphatic carbocycles. The average Bonchev–Trinajstić information content (AvgIpc) is 3.37. The second kappa shape index (κ2) is 11.5. The van der Waals surface area contributed by atoms with Crippen molar-refractivity contribution in [1.82, 2.24) is 5.32 Å². The lowest BCUT2D eigenvalue weighted by molar-refractivity contribution is -0.139. The lowest BCUT2D eigenvalue weighted by atomic mass is 9.72. The summed E-state index contributed by atoms with van der Waals surface area (Å²) in [6, 6.07) is 10.7. The Morgan fingerprint density at radius 2 is 1.82 bits per heavy atom. The van der Waals surface area contributed by atoms with E-state index in [4.69, 9.17) is 4.74 Å². The van der Waals surface area contributed by atoms with Gasteiger partial charge in [0.1, 0.15) is 11.4 Å². The number of halogens is 4. The predicted molar refractivity (Wildman–Crippen MR) is 141 cm³/mol. The highest BCUT2D eigenvalue weighted by Crippen LogP contribution is 2.42. The monoisotopic (exact) mass is 547 g/mol. The fourth-order valence-electron chi connectivity index (χ4n) is 6.92. The van der Waals surface area contributed by atoms with Crippen molar-refractivity contribution in [3.63, 3.8) is 0 Å². The summed E-state index contributed by atoms with van der Waals surface area (Å²) in [5.74, 6) is -0.263. The lowest BCUT2D eigenvalue weighted by Gasteiger charge is -2.44. The molecule has 2 aromatic rings. The summed E-state index contributed by atoms with van der Waals surface area (Å²) < 4.78 is 61.9. The molecule has 2 aromatic carbocycles. The van der Waals surface area contributed by atoms with E-state index in [0.29, 0.717) is 45.1 Å². The molecule has 39 heavy (non-hydrogen) atoms. The second-order valence-corrected chi connectivity index (χ2v) is 11.7. The number of nitrogens with one attached hydrogen (secondary N) is 1. The number of aliphatic carboxylic acids is 1. The van der Waals surface area contributed by atoms with E-state index < -0.39 is 29.4 Å². The lowest BCUT2D eigenvalue weighted by Crippen LogP contribution is -2.55. The van der Waals surface area contributed by atoms with E-state index >= 15 is 4.39 Å². The van der Waals surface area contributed by atoms with E-state index in [0.717, 1.165) is 60.3 Å². The molecule has 0 saturated heterocycles. The van der Waals surface area contributed by atoms with Crippen molar-refractivity contribution in [1.29, 1.82) is 0 Å². The Balaban J connectivity index is 1.42. The van der Waals surface area contributed by atoms with Crippen LogP contribution in [-0.2, 0) is 23.8 Å². The minimum absolute atomic E-state index is 0.0253. The maximum absolute atomic E-state index is 16.6. The summed E-state index contributed by atoms with van der Waals surface area (Å²) >= 11 is 0. The molecule has 0 radical (unpaired) electrons. The molecule has 1 aliphatic heterocycles. The van der Waals surface area contributed by atoms with Gasteiger partial charge in [-0.05, 0) is 85.3 Å². The van der Waals surface area contributed by atoms with Crippen LogP contribution in [0.4, 0.5) is 17.6 Å². The molecule has 2 saturated carbocycles. The summed E-state index contributed by atoms with van der Waals surface area (Å²) in [6.07, 6.45) is 2.47. The van der Waals surface area contributed by atoms with E-state index in [1.807, 2.05) is 12.1 Å². The number of alkyl halides is 4. The molecule has 2 N–H and O–H groups in total. The summed E-state index contributed by atoms with van der Waals surface area (Å²) in [4.78, 5) is 11.5. The molecule has 1 unspecified atom stereocenters. The zero-order chi connectivity index (χ0) is 27.6. The van der Waals surface area contributed by atoms with Gasteiger partial charge in [0.25, 0.3) is 0 Å². The first-order valence-electron chi connectivity index (χ1n) is 14.2. The highest BCUT2D eigenvalue weighted by molar-refractivity contribution is 5.67. The Morgan fingerprint density at radius 1 is 1.08 bits per heavy atom. The van der Waals surface area contributed by atoms with Crippen LogP contribution in [0.2, 0.25) is 0 Å². The van der Waals surface area contributed by atoms with Gasteiger partial charge in [0.15, 0.2) is 0 Å². The van der Waals surface area contributed by atoms with Crippen LogP contribution in [-0.4, -0.2) is 35.4 Å². The SMILES string of the molecule is O=C(O)C[C@@H]1CC[C@@H](NC(Cc2ccc3c(c2)CCO3)C2(F)CCCCC2)[C@H](c2ccc(C(F)(F)F)cc2)C1. The van der Waals surface area contributed by atoms with Crippen LogP contribution in [0.25, 0.3) is 0 Å². The summed E-state index contributed by atoms with van der Waals surface area (Å²) in [5, 5.41) is 13.1.